The van der Waals surface area contributed by atoms with Crippen molar-refractivity contribution in [3.05, 3.63) is 29.6 Å². The smallest absolute Gasteiger partial charge is 0.339 e. The molecule has 0 saturated carbocycles. The normalized spacial score (nSPS) is 11.3. The largest absolute Gasteiger partial charge is 0.465 e. The molecule has 4 nitrogen and oxygen atoms in total. The maximum Gasteiger partial charge on any atom is 0.339 e. The molecule has 0 N–H and O–H groups in total. The van der Waals surface area contributed by atoms with E-state index >= 15 is 0 Å². The average molecular weight is 237 g/mol. The Bertz CT molecular complexity index is 371. The third kappa shape index (κ3) is 4.15. The fraction of sp³-hybridized carbons (Fsp3) is 0.538. The van der Waals surface area contributed by atoms with Gasteiger partial charge >= 0.3 is 5.97 Å². The standard InChI is InChI=1S/C13H19NO3/c1-5-13(2,3)17-9-11-7-6-10(8-14-11)12(15)16-4/h6-8H,5,9H2,1-4H3. The molecule has 1 heterocycles. The van der Waals surface area contributed by atoms with Gasteiger partial charge in [0.1, 0.15) is 0 Å². The van der Waals surface area contributed by atoms with Gasteiger partial charge in [0.05, 0.1) is 30.6 Å². The second-order valence-corrected chi connectivity index (χ2v) is 4.43. The summed E-state index contributed by atoms with van der Waals surface area (Å²) in [7, 11) is 1.35. The topological polar surface area (TPSA) is 48.4 Å². The third-order valence-corrected chi connectivity index (χ3v) is 2.71. The molecule has 0 aliphatic carbocycles. The summed E-state index contributed by atoms with van der Waals surface area (Å²) >= 11 is 0. The zero-order chi connectivity index (χ0) is 12.9. The molecule has 0 fully saturated rings. The number of carbonyl (C=O) groups excluding carboxylic acids is 1. The predicted octanol–water partition coefficient (Wildman–Crippen LogP) is 2.57. The van der Waals surface area contributed by atoms with Crippen LogP contribution in [-0.2, 0) is 16.1 Å². The Morgan fingerprint density at radius 3 is 2.59 bits per heavy atom. The van der Waals surface area contributed by atoms with E-state index in [1.54, 1.807) is 12.1 Å². The number of nitrogens with zero attached hydrogens (tertiary/aromatic N) is 1. The minimum absolute atomic E-state index is 0.150. The Hall–Kier alpha value is -1.42. The van der Waals surface area contributed by atoms with E-state index in [4.69, 9.17) is 4.74 Å². The van der Waals surface area contributed by atoms with Crippen LogP contribution in [0.5, 0.6) is 0 Å². The minimum Gasteiger partial charge on any atom is -0.465 e. The van der Waals surface area contributed by atoms with E-state index in [1.807, 2.05) is 13.8 Å². The SMILES string of the molecule is CCC(C)(C)OCc1ccc(C(=O)OC)cn1. The summed E-state index contributed by atoms with van der Waals surface area (Å²) in [5, 5.41) is 0. The monoisotopic (exact) mass is 237 g/mol. The van der Waals surface area contributed by atoms with Gasteiger partial charge < -0.3 is 9.47 Å². The highest BCUT2D eigenvalue weighted by atomic mass is 16.5. The van der Waals surface area contributed by atoms with E-state index in [9.17, 15) is 4.79 Å². The van der Waals surface area contributed by atoms with E-state index in [0.29, 0.717) is 12.2 Å². The lowest BCUT2D eigenvalue weighted by Gasteiger charge is -2.23. The van der Waals surface area contributed by atoms with Crippen LogP contribution in [0, 0.1) is 0 Å². The summed E-state index contributed by atoms with van der Waals surface area (Å²) in [4.78, 5) is 15.4. The highest BCUT2D eigenvalue weighted by Crippen LogP contribution is 2.15. The fourth-order valence-electron chi connectivity index (χ4n) is 1.12. The molecule has 1 aromatic heterocycles. The van der Waals surface area contributed by atoms with Crippen LogP contribution in [0.2, 0.25) is 0 Å². The van der Waals surface area contributed by atoms with Gasteiger partial charge in [0.15, 0.2) is 0 Å². The fourth-order valence-corrected chi connectivity index (χ4v) is 1.12. The number of hydrogen-bond acceptors (Lipinski definition) is 4. The molecular weight excluding hydrogens is 218 g/mol. The molecule has 0 amide bonds. The van der Waals surface area contributed by atoms with E-state index in [2.05, 4.69) is 16.6 Å². The van der Waals surface area contributed by atoms with Crippen molar-refractivity contribution in [1.29, 1.82) is 0 Å². The Morgan fingerprint density at radius 2 is 2.12 bits per heavy atom. The summed E-state index contributed by atoms with van der Waals surface area (Å²) in [6, 6.07) is 3.47. The molecule has 0 aromatic carbocycles. The molecule has 1 rings (SSSR count). The number of aromatic nitrogens is 1. The molecule has 0 aliphatic rings. The number of ether oxygens (including phenoxy) is 2. The lowest BCUT2D eigenvalue weighted by Crippen LogP contribution is -2.22. The van der Waals surface area contributed by atoms with Gasteiger partial charge in [-0.15, -0.1) is 0 Å². The maximum absolute atomic E-state index is 11.2. The summed E-state index contributed by atoms with van der Waals surface area (Å²) in [5.41, 5.74) is 1.10. The molecule has 0 bridgehead atoms. The summed E-state index contributed by atoms with van der Waals surface area (Å²) in [5.74, 6) is -0.376. The Balaban J connectivity index is 2.60. The van der Waals surface area contributed by atoms with Gasteiger partial charge in [-0.05, 0) is 32.4 Å². The Kier molecular flexibility index (Phi) is 4.63. The van der Waals surface area contributed by atoms with Crippen molar-refractivity contribution in [2.45, 2.75) is 39.4 Å². The quantitative estimate of drug-likeness (QED) is 0.738. The number of carbonyl (C=O) groups is 1. The highest BCUT2D eigenvalue weighted by molar-refractivity contribution is 5.88. The van der Waals surface area contributed by atoms with E-state index < -0.39 is 0 Å². The van der Waals surface area contributed by atoms with Crippen molar-refractivity contribution < 1.29 is 14.3 Å². The van der Waals surface area contributed by atoms with Gasteiger partial charge in [-0.2, -0.15) is 0 Å². The number of methoxy groups -OCH3 is 1. The zero-order valence-electron chi connectivity index (χ0n) is 10.8. The van der Waals surface area contributed by atoms with Gasteiger partial charge in [0, 0.05) is 6.20 Å². The van der Waals surface area contributed by atoms with Crippen LogP contribution in [0.3, 0.4) is 0 Å². The Labute approximate surface area is 102 Å². The second-order valence-electron chi connectivity index (χ2n) is 4.43. The van der Waals surface area contributed by atoms with E-state index in [1.165, 1.54) is 13.3 Å². The minimum atomic E-state index is -0.376. The molecular formula is C13H19NO3. The first kappa shape index (κ1) is 13.6. The molecule has 94 valence electrons. The van der Waals surface area contributed by atoms with Crippen molar-refractivity contribution in [1.82, 2.24) is 4.98 Å². The van der Waals surface area contributed by atoms with Gasteiger partial charge in [-0.1, -0.05) is 6.92 Å². The van der Waals surface area contributed by atoms with Crippen LogP contribution in [0.25, 0.3) is 0 Å². The predicted molar refractivity (Wildman–Crippen MR) is 64.7 cm³/mol. The second kappa shape index (κ2) is 5.77. The molecule has 0 saturated heterocycles. The molecule has 17 heavy (non-hydrogen) atoms. The molecule has 0 unspecified atom stereocenters. The van der Waals surface area contributed by atoms with Gasteiger partial charge in [0.25, 0.3) is 0 Å². The summed E-state index contributed by atoms with van der Waals surface area (Å²) in [6.45, 7) is 6.60. The molecule has 1 aromatic rings. The van der Waals surface area contributed by atoms with Crippen LogP contribution >= 0.6 is 0 Å². The van der Waals surface area contributed by atoms with E-state index in [0.717, 1.165) is 12.1 Å². The van der Waals surface area contributed by atoms with Crippen LogP contribution in [0.1, 0.15) is 43.2 Å². The number of rotatable bonds is 5. The number of hydrogen-bond donors (Lipinski definition) is 0. The number of pyridine rings is 1. The highest BCUT2D eigenvalue weighted by Gasteiger charge is 2.15. The van der Waals surface area contributed by atoms with Crippen LogP contribution < -0.4 is 0 Å². The summed E-state index contributed by atoms with van der Waals surface area (Å²) in [6.07, 6.45) is 2.44. The zero-order valence-corrected chi connectivity index (χ0v) is 10.8. The van der Waals surface area contributed by atoms with E-state index in [-0.39, 0.29) is 11.6 Å². The molecule has 0 spiro atoms. The van der Waals surface area contributed by atoms with Gasteiger partial charge in [-0.3, -0.25) is 4.98 Å². The summed E-state index contributed by atoms with van der Waals surface area (Å²) < 4.78 is 10.3. The molecule has 0 atom stereocenters. The first-order chi connectivity index (χ1) is 7.98. The lowest BCUT2D eigenvalue weighted by molar-refractivity contribution is -0.0330. The van der Waals surface area contributed by atoms with Crippen LogP contribution in [0.15, 0.2) is 18.3 Å². The van der Waals surface area contributed by atoms with Crippen molar-refractivity contribution in [2.75, 3.05) is 7.11 Å². The molecule has 0 aliphatic heterocycles. The molecule has 0 radical (unpaired) electrons. The van der Waals surface area contributed by atoms with Crippen LogP contribution in [0.4, 0.5) is 0 Å². The average Bonchev–Trinajstić information content (AvgIpc) is 2.36. The van der Waals surface area contributed by atoms with Gasteiger partial charge in [0.2, 0.25) is 0 Å². The van der Waals surface area contributed by atoms with Crippen molar-refractivity contribution in [3.8, 4) is 0 Å². The maximum atomic E-state index is 11.2. The van der Waals surface area contributed by atoms with Gasteiger partial charge in [-0.25, -0.2) is 4.79 Å². The molecule has 4 heteroatoms. The van der Waals surface area contributed by atoms with Crippen molar-refractivity contribution >= 4 is 5.97 Å². The Morgan fingerprint density at radius 1 is 1.41 bits per heavy atom. The lowest BCUT2D eigenvalue weighted by atomic mass is 10.1. The first-order valence-corrected chi connectivity index (χ1v) is 5.65. The van der Waals surface area contributed by atoms with Crippen molar-refractivity contribution in [2.24, 2.45) is 0 Å². The van der Waals surface area contributed by atoms with Crippen LogP contribution in [-0.4, -0.2) is 23.7 Å². The number of esters is 1. The third-order valence-electron chi connectivity index (χ3n) is 2.71. The first-order valence-electron chi connectivity index (χ1n) is 5.65. The van der Waals surface area contributed by atoms with Crippen molar-refractivity contribution in [3.63, 3.8) is 0 Å².